The van der Waals surface area contributed by atoms with Gasteiger partial charge in [-0.3, -0.25) is 10.1 Å². The van der Waals surface area contributed by atoms with E-state index in [-0.39, 0.29) is 11.4 Å². The third kappa shape index (κ3) is 3.62. The molecular weight excluding hydrogens is 270 g/mol. The van der Waals surface area contributed by atoms with Crippen LogP contribution in [0.15, 0.2) is 42.5 Å². The third-order valence-corrected chi connectivity index (χ3v) is 3.14. The minimum Gasteiger partial charge on any atom is -0.496 e. The molecule has 2 rings (SSSR count). The minimum atomic E-state index is -0.492. The highest BCUT2D eigenvalue weighted by Gasteiger charge is 2.10. The highest BCUT2D eigenvalue weighted by molar-refractivity contribution is 5.65. The number of ether oxygens (including phenoxy) is 1. The maximum Gasteiger partial charge on any atom is 0.292 e. The summed E-state index contributed by atoms with van der Waals surface area (Å²) in [6.45, 7) is 0.678. The average Bonchev–Trinajstić information content (AvgIpc) is 2.47. The summed E-state index contributed by atoms with van der Waals surface area (Å²) in [4.78, 5) is 10.2. The van der Waals surface area contributed by atoms with Crippen LogP contribution in [0.2, 0.25) is 0 Å². The fraction of sp³-hybridized carbons (Fsp3) is 0.200. The van der Waals surface area contributed by atoms with Gasteiger partial charge in [-0.25, -0.2) is 0 Å². The first-order valence-corrected chi connectivity index (χ1v) is 6.51. The lowest BCUT2D eigenvalue weighted by atomic mass is 10.1. The number of nitrogen functional groups attached to an aromatic ring is 1. The number of nitrogens with zero attached hydrogens (tertiary/aromatic N) is 1. The number of nitrogens with two attached hydrogens (primary N) is 1. The van der Waals surface area contributed by atoms with Crippen molar-refractivity contribution in [1.82, 2.24) is 0 Å². The molecule has 0 unspecified atom stereocenters. The summed E-state index contributed by atoms with van der Waals surface area (Å²) in [6, 6.07) is 12.4. The second-order valence-electron chi connectivity index (χ2n) is 4.52. The van der Waals surface area contributed by atoms with Crippen molar-refractivity contribution in [1.29, 1.82) is 0 Å². The number of para-hydroxylation sites is 1. The predicted octanol–water partition coefficient (Wildman–Crippen LogP) is 2.84. The van der Waals surface area contributed by atoms with Gasteiger partial charge in [-0.05, 0) is 30.2 Å². The van der Waals surface area contributed by atoms with E-state index in [1.807, 2.05) is 24.3 Å². The second kappa shape index (κ2) is 6.60. The van der Waals surface area contributed by atoms with Crippen LogP contribution in [0.3, 0.4) is 0 Å². The summed E-state index contributed by atoms with van der Waals surface area (Å²) in [5.74, 6) is 0.850. The summed E-state index contributed by atoms with van der Waals surface area (Å²) in [7, 11) is 1.64. The number of hydrogen-bond donors (Lipinski definition) is 2. The van der Waals surface area contributed by atoms with Crippen LogP contribution in [0, 0.1) is 10.1 Å². The minimum absolute atomic E-state index is 0.0784. The number of anilines is 2. The summed E-state index contributed by atoms with van der Waals surface area (Å²) >= 11 is 0. The van der Waals surface area contributed by atoms with Crippen LogP contribution in [0.25, 0.3) is 0 Å². The van der Waals surface area contributed by atoms with Crippen LogP contribution in [0.5, 0.6) is 5.75 Å². The summed E-state index contributed by atoms with van der Waals surface area (Å²) in [5.41, 5.74) is 7.58. The van der Waals surface area contributed by atoms with Crippen molar-refractivity contribution in [3.63, 3.8) is 0 Å². The first-order chi connectivity index (χ1) is 10.1. The lowest BCUT2D eigenvalue weighted by Crippen LogP contribution is -2.06. The number of benzene rings is 2. The van der Waals surface area contributed by atoms with Gasteiger partial charge < -0.3 is 15.8 Å². The molecule has 2 aromatic rings. The van der Waals surface area contributed by atoms with E-state index < -0.39 is 4.92 Å². The Morgan fingerprint density at radius 3 is 2.71 bits per heavy atom. The lowest BCUT2D eigenvalue weighted by Gasteiger charge is -2.10. The molecule has 0 bridgehead atoms. The van der Waals surface area contributed by atoms with Crippen molar-refractivity contribution in [3.05, 3.63) is 58.1 Å². The number of rotatable bonds is 6. The Morgan fingerprint density at radius 2 is 2.05 bits per heavy atom. The van der Waals surface area contributed by atoms with Crippen molar-refractivity contribution < 1.29 is 9.66 Å². The number of methoxy groups -OCH3 is 1. The molecule has 2 aromatic carbocycles. The van der Waals surface area contributed by atoms with Gasteiger partial charge >= 0.3 is 0 Å². The molecule has 0 radical (unpaired) electrons. The van der Waals surface area contributed by atoms with Crippen LogP contribution in [-0.4, -0.2) is 18.6 Å². The quantitative estimate of drug-likeness (QED) is 0.484. The van der Waals surface area contributed by atoms with E-state index in [2.05, 4.69) is 5.32 Å². The zero-order valence-electron chi connectivity index (χ0n) is 11.7. The molecule has 0 aliphatic rings. The molecule has 3 N–H and O–H groups in total. The number of nitro groups is 1. The molecule has 0 saturated carbocycles. The van der Waals surface area contributed by atoms with Gasteiger partial charge in [0.15, 0.2) is 0 Å². The van der Waals surface area contributed by atoms with Gasteiger partial charge in [0.25, 0.3) is 5.69 Å². The third-order valence-electron chi connectivity index (χ3n) is 3.14. The summed E-state index contributed by atoms with van der Waals surface area (Å²) in [6.07, 6.45) is 0.779. The standard InChI is InChI=1S/C15H17N3O3/c1-21-15-5-3-2-4-11(15)8-9-17-12-6-7-14(18(19)20)13(16)10-12/h2-7,10,17H,8-9,16H2,1H3. The Hall–Kier alpha value is -2.76. The van der Waals surface area contributed by atoms with Gasteiger partial charge in [0, 0.05) is 18.3 Å². The van der Waals surface area contributed by atoms with Crippen molar-refractivity contribution in [2.75, 3.05) is 24.7 Å². The molecule has 0 saturated heterocycles. The van der Waals surface area contributed by atoms with Crippen molar-refractivity contribution in [2.24, 2.45) is 0 Å². The van der Waals surface area contributed by atoms with E-state index >= 15 is 0 Å². The van der Waals surface area contributed by atoms with Crippen LogP contribution in [-0.2, 0) is 6.42 Å². The van der Waals surface area contributed by atoms with Gasteiger partial charge in [0.05, 0.1) is 12.0 Å². The first-order valence-electron chi connectivity index (χ1n) is 6.51. The van der Waals surface area contributed by atoms with Gasteiger partial charge in [-0.1, -0.05) is 18.2 Å². The molecule has 0 fully saturated rings. The summed E-state index contributed by atoms with van der Waals surface area (Å²) < 4.78 is 5.29. The van der Waals surface area contributed by atoms with Crippen molar-refractivity contribution in [3.8, 4) is 5.75 Å². The van der Waals surface area contributed by atoms with E-state index in [4.69, 9.17) is 10.5 Å². The number of nitro benzene ring substituents is 1. The van der Waals surface area contributed by atoms with E-state index in [1.165, 1.54) is 6.07 Å². The normalized spacial score (nSPS) is 10.1. The SMILES string of the molecule is COc1ccccc1CCNc1ccc([N+](=O)[O-])c(N)c1. The smallest absolute Gasteiger partial charge is 0.292 e. The Labute approximate surface area is 122 Å². The fourth-order valence-electron chi connectivity index (χ4n) is 2.08. The van der Waals surface area contributed by atoms with Crippen LogP contribution in [0.4, 0.5) is 17.1 Å². The highest BCUT2D eigenvalue weighted by atomic mass is 16.6. The van der Waals surface area contributed by atoms with Gasteiger partial charge in [-0.2, -0.15) is 0 Å². The molecule has 0 aliphatic carbocycles. The first kappa shape index (κ1) is 14.6. The monoisotopic (exact) mass is 287 g/mol. The Morgan fingerprint density at radius 1 is 1.29 bits per heavy atom. The molecule has 0 aliphatic heterocycles. The zero-order valence-corrected chi connectivity index (χ0v) is 11.7. The Bertz CT molecular complexity index is 644. The van der Waals surface area contributed by atoms with Crippen LogP contribution < -0.4 is 15.8 Å². The second-order valence-corrected chi connectivity index (χ2v) is 4.52. The van der Waals surface area contributed by atoms with Crippen LogP contribution in [0.1, 0.15) is 5.56 Å². The van der Waals surface area contributed by atoms with Gasteiger partial charge in [-0.15, -0.1) is 0 Å². The lowest BCUT2D eigenvalue weighted by molar-refractivity contribution is -0.383. The maximum atomic E-state index is 10.7. The average molecular weight is 287 g/mol. The maximum absolute atomic E-state index is 10.7. The molecule has 6 heteroatoms. The molecule has 110 valence electrons. The van der Waals surface area contributed by atoms with Gasteiger partial charge in [0.1, 0.15) is 11.4 Å². The molecule has 0 aromatic heterocycles. The Balaban J connectivity index is 1.97. The Kier molecular flexibility index (Phi) is 4.61. The van der Waals surface area contributed by atoms with Crippen LogP contribution >= 0.6 is 0 Å². The van der Waals surface area contributed by atoms with Crippen molar-refractivity contribution in [2.45, 2.75) is 6.42 Å². The predicted molar refractivity (Wildman–Crippen MR) is 82.7 cm³/mol. The molecule has 21 heavy (non-hydrogen) atoms. The van der Waals surface area contributed by atoms with E-state index in [1.54, 1.807) is 19.2 Å². The topological polar surface area (TPSA) is 90.4 Å². The molecule has 0 amide bonds. The number of nitrogens with one attached hydrogen (secondary N) is 1. The molecular formula is C15H17N3O3. The van der Waals surface area contributed by atoms with E-state index in [0.29, 0.717) is 6.54 Å². The van der Waals surface area contributed by atoms with Gasteiger partial charge in [0.2, 0.25) is 0 Å². The summed E-state index contributed by atoms with van der Waals surface area (Å²) in [5, 5.41) is 13.9. The van der Waals surface area contributed by atoms with E-state index in [0.717, 1.165) is 23.4 Å². The molecule has 6 nitrogen and oxygen atoms in total. The van der Waals surface area contributed by atoms with E-state index in [9.17, 15) is 10.1 Å². The largest absolute Gasteiger partial charge is 0.496 e. The molecule has 0 heterocycles. The molecule has 0 atom stereocenters. The van der Waals surface area contributed by atoms with Crippen molar-refractivity contribution >= 4 is 17.1 Å². The molecule has 0 spiro atoms. The zero-order chi connectivity index (χ0) is 15.2. The highest BCUT2D eigenvalue weighted by Crippen LogP contribution is 2.25. The fourth-order valence-corrected chi connectivity index (χ4v) is 2.08. The number of hydrogen-bond acceptors (Lipinski definition) is 5.